The molecule has 0 spiro atoms. The van der Waals surface area contributed by atoms with Crippen molar-refractivity contribution in [3.05, 3.63) is 20.9 Å². The topological polar surface area (TPSA) is 74.4 Å². The van der Waals surface area contributed by atoms with Crippen molar-refractivity contribution in [3.8, 4) is 5.88 Å². The summed E-state index contributed by atoms with van der Waals surface area (Å²) in [7, 11) is 1.12. The minimum atomic E-state index is -4.89. The lowest BCUT2D eigenvalue weighted by Crippen LogP contribution is -2.20. The molecule has 0 saturated heterocycles. The van der Waals surface area contributed by atoms with Crippen LogP contribution in [0.5, 0.6) is 5.88 Å². The van der Waals surface area contributed by atoms with Crippen molar-refractivity contribution < 1.29 is 27.4 Å². The zero-order chi connectivity index (χ0) is 13.9. The molecule has 100 valence electrons. The van der Waals surface area contributed by atoms with Gasteiger partial charge in [-0.05, 0) is 22.6 Å². The Morgan fingerprint density at radius 1 is 1.56 bits per heavy atom. The van der Waals surface area contributed by atoms with Crippen LogP contribution >= 0.6 is 22.6 Å². The first kappa shape index (κ1) is 15.0. The van der Waals surface area contributed by atoms with Gasteiger partial charge >= 0.3 is 12.3 Å². The summed E-state index contributed by atoms with van der Waals surface area (Å²) in [4.78, 5) is 15.0. The molecule has 1 rings (SSSR count). The molecule has 1 aromatic heterocycles. The van der Waals surface area contributed by atoms with Gasteiger partial charge in [0.15, 0.2) is 0 Å². The number of esters is 1. The maximum absolute atomic E-state index is 12.1. The van der Waals surface area contributed by atoms with Gasteiger partial charge in [0, 0.05) is 12.6 Å². The molecule has 1 heterocycles. The molecule has 0 aliphatic carbocycles. The summed E-state index contributed by atoms with van der Waals surface area (Å²) >= 11 is 1.75. The molecule has 0 aliphatic rings. The average Bonchev–Trinajstić information content (AvgIpc) is 2.28. The molecule has 0 aromatic carbocycles. The van der Waals surface area contributed by atoms with Gasteiger partial charge in [-0.15, -0.1) is 13.2 Å². The summed E-state index contributed by atoms with van der Waals surface area (Å²) in [6.07, 6.45) is -4.89. The normalized spacial score (nSPS) is 11.2. The fraction of sp³-hybridized carbons (Fsp3) is 0.333. The molecule has 5 nitrogen and oxygen atoms in total. The van der Waals surface area contributed by atoms with Gasteiger partial charge in [0.05, 0.1) is 21.9 Å². The standard InChI is InChI=1S/C9H8F3IN2O3/c1-17-8(16)4-2-6(18-9(10,11)12)15-5(3-14)7(4)13/h2H,3,14H2,1H3. The molecule has 0 amide bonds. The van der Waals surface area contributed by atoms with Crippen LogP contribution in [0.25, 0.3) is 0 Å². The van der Waals surface area contributed by atoms with E-state index < -0.39 is 18.2 Å². The van der Waals surface area contributed by atoms with E-state index in [9.17, 15) is 18.0 Å². The van der Waals surface area contributed by atoms with Crippen molar-refractivity contribution in [1.82, 2.24) is 4.98 Å². The van der Waals surface area contributed by atoms with Crippen LogP contribution in [0.1, 0.15) is 16.1 Å². The zero-order valence-electron chi connectivity index (χ0n) is 9.05. The lowest BCUT2D eigenvalue weighted by Gasteiger charge is -2.12. The summed E-state index contributed by atoms with van der Waals surface area (Å²) in [5, 5.41) is 0. The fourth-order valence-electron chi connectivity index (χ4n) is 1.12. The number of hydrogen-bond donors (Lipinski definition) is 1. The van der Waals surface area contributed by atoms with E-state index in [4.69, 9.17) is 5.73 Å². The lowest BCUT2D eigenvalue weighted by atomic mass is 10.2. The Hall–Kier alpha value is -1.10. The van der Waals surface area contributed by atoms with Crippen molar-refractivity contribution in [2.24, 2.45) is 5.73 Å². The largest absolute Gasteiger partial charge is 0.574 e. The Balaban J connectivity index is 3.26. The van der Waals surface area contributed by atoms with E-state index in [1.807, 2.05) is 0 Å². The van der Waals surface area contributed by atoms with E-state index in [1.165, 1.54) is 0 Å². The van der Waals surface area contributed by atoms with Gasteiger partial charge in [-0.3, -0.25) is 0 Å². The van der Waals surface area contributed by atoms with E-state index in [1.54, 1.807) is 22.6 Å². The first-order chi connectivity index (χ1) is 8.28. The van der Waals surface area contributed by atoms with Crippen LogP contribution in [0.15, 0.2) is 6.07 Å². The van der Waals surface area contributed by atoms with Crippen molar-refractivity contribution in [3.63, 3.8) is 0 Å². The number of rotatable bonds is 3. The number of methoxy groups -OCH3 is 1. The van der Waals surface area contributed by atoms with Gasteiger partial charge in [0.2, 0.25) is 5.88 Å². The van der Waals surface area contributed by atoms with Gasteiger partial charge < -0.3 is 15.2 Å². The highest BCUT2D eigenvalue weighted by Gasteiger charge is 2.32. The Labute approximate surface area is 114 Å². The maximum Gasteiger partial charge on any atom is 0.574 e. The van der Waals surface area contributed by atoms with Gasteiger partial charge in [0.1, 0.15) is 0 Å². The Kier molecular flexibility index (Phi) is 4.73. The lowest BCUT2D eigenvalue weighted by molar-refractivity contribution is -0.276. The van der Waals surface area contributed by atoms with E-state index in [2.05, 4.69) is 14.5 Å². The number of alkyl halides is 3. The third kappa shape index (κ3) is 3.70. The molecular weight excluding hydrogens is 368 g/mol. The molecule has 0 unspecified atom stereocenters. The quantitative estimate of drug-likeness (QED) is 0.644. The van der Waals surface area contributed by atoms with Gasteiger partial charge in [0.25, 0.3) is 0 Å². The fourth-order valence-corrected chi connectivity index (χ4v) is 1.84. The van der Waals surface area contributed by atoms with Crippen molar-refractivity contribution in [1.29, 1.82) is 0 Å². The van der Waals surface area contributed by atoms with Crippen LogP contribution in [0.2, 0.25) is 0 Å². The van der Waals surface area contributed by atoms with Gasteiger partial charge in [-0.1, -0.05) is 0 Å². The zero-order valence-corrected chi connectivity index (χ0v) is 11.2. The molecule has 9 heteroatoms. The first-order valence-corrected chi connectivity index (χ1v) is 5.60. The highest BCUT2D eigenvalue weighted by Crippen LogP contribution is 2.26. The number of carbonyl (C=O) groups excluding carboxylic acids is 1. The van der Waals surface area contributed by atoms with Crippen LogP contribution < -0.4 is 10.5 Å². The molecule has 0 saturated carbocycles. The highest BCUT2D eigenvalue weighted by atomic mass is 127. The second-order valence-electron chi connectivity index (χ2n) is 3.01. The van der Waals surface area contributed by atoms with Crippen molar-refractivity contribution >= 4 is 28.6 Å². The van der Waals surface area contributed by atoms with Gasteiger partial charge in [-0.25, -0.2) is 9.78 Å². The molecule has 18 heavy (non-hydrogen) atoms. The van der Waals surface area contributed by atoms with Crippen molar-refractivity contribution in [2.45, 2.75) is 12.9 Å². The van der Waals surface area contributed by atoms with E-state index >= 15 is 0 Å². The van der Waals surface area contributed by atoms with E-state index in [-0.39, 0.29) is 17.8 Å². The third-order valence-electron chi connectivity index (χ3n) is 1.82. The second-order valence-corrected chi connectivity index (χ2v) is 4.09. The number of pyridine rings is 1. The number of hydrogen-bond acceptors (Lipinski definition) is 5. The maximum atomic E-state index is 12.1. The molecule has 1 aromatic rings. The smallest absolute Gasteiger partial charge is 0.465 e. The second kappa shape index (κ2) is 5.69. The number of carbonyl (C=O) groups is 1. The predicted molar refractivity (Wildman–Crippen MR) is 62.9 cm³/mol. The minimum Gasteiger partial charge on any atom is -0.465 e. The number of nitrogens with two attached hydrogens (primary N) is 1. The number of nitrogens with zero attached hydrogens (tertiary/aromatic N) is 1. The predicted octanol–water partition coefficient (Wildman–Crippen LogP) is 1.83. The Morgan fingerprint density at radius 2 is 2.17 bits per heavy atom. The van der Waals surface area contributed by atoms with Crippen LogP contribution in [-0.2, 0) is 11.3 Å². The number of ether oxygens (including phenoxy) is 2. The molecule has 0 bridgehead atoms. The van der Waals surface area contributed by atoms with Crippen molar-refractivity contribution in [2.75, 3.05) is 7.11 Å². The first-order valence-electron chi connectivity index (χ1n) is 4.52. The summed E-state index contributed by atoms with van der Waals surface area (Å²) in [6.45, 7) is -0.128. The summed E-state index contributed by atoms with van der Waals surface area (Å²) in [6, 6.07) is 0.861. The van der Waals surface area contributed by atoms with E-state index in [0.717, 1.165) is 13.2 Å². The minimum absolute atomic E-state index is 0.0761. The molecule has 0 radical (unpaired) electrons. The van der Waals surface area contributed by atoms with Gasteiger partial charge in [-0.2, -0.15) is 0 Å². The van der Waals surface area contributed by atoms with Crippen LogP contribution in [0.4, 0.5) is 13.2 Å². The monoisotopic (exact) mass is 376 g/mol. The highest BCUT2D eigenvalue weighted by molar-refractivity contribution is 14.1. The van der Waals surface area contributed by atoms with Crippen LogP contribution in [0, 0.1) is 3.57 Å². The summed E-state index contributed by atoms with van der Waals surface area (Å²) < 4.78 is 44.7. The molecule has 0 fully saturated rings. The Morgan fingerprint density at radius 3 is 2.61 bits per heavy atom. The average molecular weight is 376 g/mol. The molecular formula is C9H8F3IN2O3. The molecule has 0 atom stereocenters. The SMILES string of the molecule is COC(=O)c1cc(OC(F)(F)F)nc(CN)c1I. The third-order valence-corrected chi connectivity index (χ3v) is 3.03. The Bertz CT molecular complexity index is 465. The van der Waals surface area contributed by atoms with E-state index in [0.29, 0.717) is 3.57 Å². The van der Waals surface area contributed by atoms with Crippen LogP contribution in [-0.4, -0.2) is 24.4 Å². The van der Waals surface area contributed by atoms with Crippen LogP contribution in [0.3, 0.4) is 0 Å². The number of halogens is 4. The molecule has 2 N–H and O–H groups in total. The summed E-state index contributed by atoms with van der Waals surface area (Å²) in [5.74, 6) is -1.53. The summed E-state index contributed by atoms with van der Waals surface area (Å²) in [5.41, 5.74) is 5.38. The number of aromatic nitrogens is 1. The molecule has 0 aliphatic heterocycles.